The lowest BCUT2D eigenvalue weighted by molar-refractivity contribution is -0.137. The lowest BCUT2D eigenvalue weighted by Crippen LogP contribution is -2.31. The van der Waals surface area contributed by atoms with E-state index >= 15 is 0 Å². The first kappa shape index (κ1) is 21.9. The molecule has 0 bridgehead atoms. The Labute approximate surface area is 177 Å². The Morgan fingerprint density at radius 2 is 1.84 bits per heavy atom. The van der Waals surface area contributed by atoms with Crippen LogP contribution in [-0.4, -0.2) is 29.1 Å². The zero-order valence-electron chi connectivity index (χ0n) is 16.9. The van der Waals surface area contributed by atoms with Crippen LogP contribution in [0.15, 0.2) is 54.6 Å². The number of aromatic nitrogens is 1. The minimum atomic E-state index is -1.21. The van der Waals surface area contributed by atoms with E-state index in [0.29, 0.717) is 0 Å². The number of methoxy groups -OCH3 is 1. The number of nitrogens with zero attached hydrogens (tertiary/aromatic N) is 1. The molecule has 2 N–H and O–H groups in total. The Balaban J connectivity index is 1.98. The smallest absolute Gasteiger partial charge is 0.305 e. The number of amides is 1. The molecule has 0 aliphatic rings. The summed E-state index contributed by atoms with van der Waals surface area (Å²) in [7, 11) is 1.40. The summed E-state index contributed by atoms with van der Waals surface area (Å²) >= 11 is 0. The van der Waals surface area contributed by atoms with Crippen LogP contribution in [-0.2, 0) is 4.79 Å². The molecular weight excluding hydrogens is 406 g/mol. The first-order chi connectivity index (χ1) is 14.8. The molecule has 1 heterocycles. The van der Waals surface area contributed by atoms with Crippen LogP contribution in [0.4, 0.5) is 8.78 Å². The highest BCUT2D eigenvalue weighted by Gasteiger charge is 2.23. The zero-order chi connectivity index (χ0) is 22.5. The van der Waals surface area contributed by atoms with Gasteiger partial charge in [0.1, 0.15) is 28.8 Å². The number of ether oxygens (including phenoxy) is 1. The van der Waals surface area contributed by atoms with Crippen molar-refractivity contribution in [2.75, 3.05) is 7.11 Å². The van der Waals surface area contributed by atoms with Crippen molar-refractivity contribution in [3.05, 3.63) is 83.1 Å². The van der Waals surface area contributed by atoms with Crippen LogP contribution < -0.4 is 10.1 Å². The summed E-state index contributed by atoms with van der Waals surface area (Å²) in [5.74, 6) is -2.86. The second-order valence-corrected chi connectivity index (χ2v) is 6.88. The van der Waals surface area contributed by atoms with Crippen molar-refractivity contribution in [3.8, 4) is 17.0 Å². The Hall–Kier alpha value is -3.81. The summed E-state index contributed by atoms with van der Waals surface area (Å²) in [4.78, 5) is 28.3. The molecule has 1 amide bonds. The molecular formula is C23H20F2N2O4. The number of pyridine rings is 1. The van der Waals surface area contributed by atoms with Crippen molar-refractivity contribution >= 4 is 11.9 Å². The lowest BCUT2D eigenvalue weighted by Gasteiger charge is -2.18. The number of aryl methyl sites for hydroxylation is 1. The fourth-order valence-corrected chi connectivity index (χ4v) is 3.15. The summed E-state index contributed by atoms with van der Waals surface area (Å²) in [6, 6.07) is 11.8. The Morgan fingerprint density at radius 1 is 1.10 bits per heavy atom. The van der Waals surface area contributed by atoms with Gasteiger partial charge in [-0.25, -0.2) is 13.8 Å². The average Bonchev–Trinajstić information content (AvgIpc) is 2.74. The van der Waals surface area contributed by atoms with Crippen molar-refractivity contribution < 1.29 is 28.2 Å². The van der Waals surface area contributed by atoms with Gasteiger partial charge in [-0.2, -0.15) is 0 Å². The van der Waals surface area contributed by atoms with Gasteiger partial charge in [0.05, 0.1) is 19.6 Å². The molecule has 1 atom stereocenters. The molecule has 0 spiro atoms. The summed E-state index contributed by atoms with van der Waals surface area (Å²) in [5, 5.41) is 11.7. The zero-order valence-corrected chi connectivity index (χ0v) is 16.9. The number of carbonyl (C=O) groups excluding carboxylic acids is 1. The lowest BCUT2D eigenvalue weighted by atomic mass is 10.0. The van der Waals surface area contributed by atoms with Crippen molar-refractivity contribution in [3.63, 3.8) is 0 Å². The molecule has 3 rings (SSSR count). The van der Waals surface area contributed by atoms with Crippen molar-refractivity contribution in [1.29, 1.82) is 0 Å². The third-order valence-corrected chi connectivity index (χ3v) is 4.65. The van der Waals surface area contributed by atoms with Gasteiger partial charge in [-0.1, -0.05) is 29.8 Å². The molecule has 6 nitrogen and oxygen atoms in total. The number of carboxylic acid groups (broad SMARTS) is 1. The van der Waals surface area contributed by atoms with E-state index in [1.807, 2.05) is 0 Å². The van der Waals surface area contributed by atoms with E-state index in [1.165, 1.54) is 43.5 Å². The van der Waals surface area contributed by atoms with Gasteiger partial charge in [-0.05, 0) is 37.3 Å². The number of halogens is 2. The normalized spacial score (nSPS) is 11.6. The fraction of sp³-hybridized carbons (Fsp3) is 0.174. The third-order valence-electron chi connectivity index (χ3n) is 4.65. The number of rotatable bonds is 7. The van der Waals surface area contributed by atoms with Gasteiger partial charge < -0.3 is 15.2 Å². The molecule has 0 saturated carbocycles. The molecule has 0 fully saturated rings. The monoisotopic (exact) mass is 426 g/mol. The van der Waals surface area contributed by atoms with Crippen LogP contribution >= 0.6 is 0 Å². The second-order valence-electron chi connectivity index (χ2n) is 6.88. The predicted molar refractivity (Wildman–Crippen MR) is 110 cm³/mol. The molecule has 1 aromatic heterocycles. The fourth-order valence-electron chi connectivity index (χ4n) is 3.15. The summed E-state index contributed by atoms with van der Waals surface area (Å²) < 4.78 is 33.9. The number of aliphatic carboxylic acids is 1. The molecule has 1 unspecified atom stereocenters. The minimum absolute atomic E-state index is 0.0386. The van der Waals surface area contributed by atoms with E-state index in [9.17, 15) is 23.5 Å². The molecule has 0 aliphatic carbocycles. The average molecular weight is 426 g/mol. The SMILES string of the molecule is COc1ccc(C(=O)NC(CC(=O)O)c2ccccc2F)nc1-c1cc(C)ccc1F. The molecule has 3 aromatic rings. The number of carboxylic acids is 1. The maximum absolute atomic E-state index is 14.4. The van der Waals surface area contributed by atoms with Gasteiger partial charge >= 0.3 is 5.97 Å². The quantitative estimate of drug-likeness (QED) is 0.588. The Bertz CT molecular complexity index is 1130. The van der Waals surface area contributed by atoms with E-state index < -0.39 is 36.0 Å². The van der Waals surface area contributed by atoms with Crippen LogP contribution in [0.1, 0.15) is 34.1 Å². The number of benzene rings is 2. The minimum Gasteiger partial charge on any atom is -0.494 e. The van der Waals surface area contributed by atoms with Gasteiger partial charge in [0.25, 0.3) is 5.91 Å². The van der Waals surface area contributed by atoms with E-state index in [0.717, 1.165) is 5.56 Å². The van der Waals surface area contributed by atoms with Crippen LogP contribution in [0, 0.1) is 18.6 Å². The summed E-state index contributed by atoms with van der Waals surface area (Å²) in [6.45, 7) is 1.79. The van der Waals surface area contributed by atoms with Crippen molar-refractivity contribution in [1.82, 2.24) is 10.3 Å². The van der Waals surface area contributed by atoms with E-state index in [-0.39, 0.29) is 28.3 Å². The van der Waals surface area contributed by atoms with Gasteiger partial charge in [0.2, 0.25) is 0 Å². The predicted octanol–water partition coefficient (Wildman–Crippen LogP) is 4.29. The highest BCUT2D eigenvalue weighted by atomic mass is 19.1. The van der Waals surface area contributed by atoms with Crippen molar-refractivity contribution in [2.24, 2.45) is 0 Å². The topological polar surface area (TPSA) is 88.5 Å². The maximum Gasteiger partial charge on any atom is 0.305 e. The summed E-state index contributed by atoms with van der Waals surface area (Å²) in [5.41, 5.74) is 1.01. The van der Waals surface area contributed by atoms with E-state index in [4.69, 9.17) is 4.74 Å². The molecule has 160 valence electrons. The highest BCUT2D eigenvalue weighted by molar-refractivity contribution is 5.93. The molecule has 2 aromatic carbocycles. The second kappa shape index (κ2) is 9.34. The first-order valence-electron chi connectivity index (χ1n) is 9.38. The molecule has 0 aliphatic heterocycles. The van der Waals surface area contributed by atoms with Crippen LogP contribution in [0.25, 0.3) is 11.3 Å². The number of carbonyl (C=O) groups is 2. The van der Waals surface area contributed by atoms with Gasteiger partial charge in [0, 0.05) is 11.1 Å². The molecule has 8 heteroatoms. The number of nitrogens with one attached hydrogen (secondary N) is 1. The maximum atomic E-state index is 14.4. The standard InChI is InChI=1S/C23H20F2N2O4/c1-13-7-8-17(25)15(11-13)22-20(31-2)10-9-18(26-22)23(30)27-19(12-21(28)29)14-5-3-4-6-16(14)24/h3-11,19H,12H2,1-2H3,(H,27,30)(H,28,29). The highest BCUT2D eigenvalue weighted by Crippen LogP contribution is 2.31. The van der Waals surface area contributed by atoms with E-state index in [1.54, 1.807) is 25.1 Å². The van der Waals surface area contributed by atoms with Crippen LogP contribution in [0.3, 0.4) is 0 Å². The Kier molecular flexibility index (Phi) is 6.59. The van der Waals surface area contributed by atoms with Gasteiger partial charge in [-0.15, -0.1) is 0 Å². The molecule has 0 saturated heterocycles. The van der Waals surface area contributed by atoms with E-state index in [2.05, 4.69) is 10.3 Å². The molecule has 0 radical (unpaired) electrons. The van der Waals surface area contributed by atoms with Crippen molar-refractivity contribution in [2.45, 2.75) is 19.4 Å². The Morgan fingerprint density at radius 3 is 2.52 bits per heavy atom. The van der Waals surface area contributed by atoms with Crippen LogP contribution in [0.2, 0.25) is 0 Å². The molecule has 31 heavy (non-hydrogen) atoms. The first-order valence-corrected chi connectivity index (χ1v) is 9.38. The largest absolute Gasteiger partial charge is 0.494 e. The van der Waals surface area contributed by atoms with Gasteiger partial charge in [-0.3, -0.25) is 9.59 Å². The third kappa shape index (κ3) is 5.03. The summed E-state index contributed by atoms with van der Waals surface area (Å²) in [6.07, 6.45) is -0.526. The number of hydrogen-bond acceptors (Lipinski definition) is 4. The van der Waals surface area contributed by atoms with Gasteiger partial charge in [0.15, 0.2) is 0 Å². The number of hydrogen-bond donors (Lipinski definition) is 2. The van der Waals surface area contributed by atoms with Crippen LogP contribution in [0.5, 0.6) is 5.75 Å².